The summed E-state index contributed by atoms with van der Waals surface area (Å²) in [7, 11) is 8.70. The molecule has 0 aromatic rings. The summed E-state index contributed by atoms with van der Waals surface area (Å²) in [5.41, 5.74) is -1.47. The van der Waals surface area contributed by atoms with E-state index in [0.29, 0.717) is 32.1 Å². The number of carbonyl (C=O) groups excluding carboxylic acids is 11. The molecule has 6 fully saturated rings. The van der Waals surface area contributed by atoms with Crippen LogP contribution in [0.2, 0.25) is 0 Å². The van der Waals surface area contributed by atoms with Crippen LogP contribution in [0.1, 0.15) is 182 Å². The molecular weight excluding hydrogens is 1200 g/mol. The zero-order valence-corrected chi connectivity index (χ0v) is 56.6. The fourth-order valence-electron chi connectivity index (χ4n) is 14.6. The Bertz CT molecular complexity index is 2600. The standard InChI is InChI=1S/C65H105ClF3N11O11/c1-12-40(4)55-62(90)76(8)37-53(83)74(6)38-54(84)78(10)50(35-42-20-14-13-15-21-42)61(89)75(7)36-51(81)71-47(28-26-44-25-27-45(46(66)33-44)65(67,68)69)60(88)80-31-19-24-48(80)58(86)73-64(29-16-17-30-64)63(91)79(11)56(39(2)3)59(87)70-41(5)32-52(82)77(9)49(57(85)72-55)34-43-22-18-23-43/h39-50,55-56H,12-38H2,1-11H3,(H,70,87)(H,71,81)(H,72,85)(H,73,86)/t40-,41+,44?,45?,46?,47-,48-,49-,50-,55-,56-/m0/s1. The minimum Gasteiger partial charge on any atom is -0.351 e. The molecule has 0 aromatic carbocycles. The Morgan fingerprint density at radius 2 is 1.18 bits per heavy atom. The first-order chi connectivity index (χ1) is 42.8. The SMILES string of the molecule is CC[C@H](C)[C@@H]1NC(=O)[C@H](CC2CCC2)N(C)C(=O)C[C@@H](C)NC(=O)[C@H](C(C)C)N(C)C(=O)C2(CCCC2)NC(=O)[C@@H]2CCCN2C(=O)[C@H](CCC2CCC(C(F)(F)F)C(Cl)C2)NC(=O)CN(C)C(=O)[C@H](CC2CCCCC2)N(C)C(=O)CN(C)C(=O)CN(C)C1=O. The zero-order chi connectivity index (χ0) is 67.4. The molecule has 0 bridgehead atoms. The third-order valence-electron chi connectivity index (χ3n) is 20.8. The number of nitrogens with zero attached hydrogens (tertiary/aromatic N) is 7. The van der Waals surface area contributed by atoms with E-state index in [0.717, 1.165) is 56.3 Å². The van der Waals surface area contributed by atoms with Crippen LogP contribution in [0.15, 0.2) is 0 Å². The maximum Gasteiger partial charge on any atom is 0.393 e. The van der Waals surface area contributed by atoms with Gasteiger partial charge < -0.3 is 55.6 Å². The highest BCUT2D eigenvalue weighted by atomic mass is 35.5. The van der Waals surface area contributed by atoms with Crippen molar-refractivity contribution in [3.8, 4) is 0 Å². The molecule has 6 aliphatic rings. The van der Waals surface area contributed by atoms with E-state index in [1.807, 2.05) is 6.92 Å². The topological polar surface area (TPSA) is 259 Å². The van der Waals surface area contributed by atoms with Crippen molar-refractivity contribution in [2.24, 2.45) is 35.5 Å². The van der Waals surface area contributed by atoms with Crippen LogP contribution >= 0.6 is 11.6 Å². The highest BCUT2D eigenvalue weighted by Crippen LogP contribution is 2.44. The third-order valence-corrected chi connectivity index (χ3v) is 21.3. The van der Waals surface area contributed by atoms with E-state index in [4.69, 9.17) is 11.6 Å². The van der Waals surface area contributed by atoms with Crippen LogP contribution in [0.4, 0.5) is 13.2 Å². The second kappa shape index (κ2) is 32.9. The van der Waals surface area contributed by atoms with Gasteiger partial charge in [-0.05, 0) is 107 Å². The molecule has 2 aliphatic heterocycles. The molecule has 26 heteroatoms. The van der Waals surface area contributed by atoms with Gasteiger partial charge in [-0.2, -0.15) is 13.2 Å². The minimum atomic E-state index is -4.49. The number of carbonyl (C=O) groups is 11. The Labute approximate surface area is 541 Å². The Kier molecular flexibility index (Phi) is 26.8. The molecule has 0 radical (unpaired) electrons. The van der Waals surface area contributed by atoms with Crippen molar-refractivity contribution in [2.75, 3.05) is 68.5 Å². The lowest BCUT2D eigenvalue weighted by Gasteiger charge is -2.39. The van der Waals surface area contributed by atoms with Crippen LogP contribution in [-0.2, 0) is 52.7 Å². The fraction of sp³-hybridized carbons (Fsp3) is 0.831. The molecule has 22 nitrogen and oxygen atoms in total. The smallest absolute Gasteiger partial charge is 0.351 e. The number of fused-ring (bicyclic) bond motifs is 1. The van der Waals surface area contributed by atoms with Crippen molar-refractivity contribution in [1.29, 1.82) is 0 Å². The van der Waals surface area contributed by atoms with Crippen LogP contribution < -0.4 is 21.3 Å². The van der Waals surface area contributed by atoms with Gasteiger partial charge in [-0.15, -0.1) is 11.6 Å². The summed E-state index contributed by atoms with van der Waals surface area (Å²) < 4.78 is 41.7. The van der Waals surface area contributed by atoms with Gasteiger partial charge in [-0.1, -0.05) is 98.3 Å². The number of hydrogen-bond donors (Lipinski definition) is 4. The lowest BCUT2D eigenvalue weighted by Crippen LogP contribution is -2.64. The quantitative estimate of drug-likeness (QED) is 0.202. The van der Waals surface area contributed by atoms with Crippen LogP contribution in [-0.4, -0.2) is 227 Å². The molecule has 11 amide bonds. The molecule has 4 aliphatic carbocycles. The highest BCUT2D eigenvalue weighted by Gasteiger charge is 2.51. The van der Waals surface area contributed by atoms with E-state index >= 15 is 9.59 Å². The summed E-state index contributed by atoms with van der Waals surface area (Å²) in [4.78, 5) is 169. The summed E-state index contributed by atoms with van der Waals surface area (Å²) >= 11 is 6.36. The van der Waals surface area contributed by atoms with Crippen molar-refractivity contribution in [3.63, 3.8) is 0 Å². The Hall–Kier alpha value is -5.75. The molecule has 11 atom stereocenters. The average molecular weight is 1310 g/mol. The normalized spacial score (nSPS) is 30.5. The summed E-state index contributed by atoms with van der Waals surface area (Å²) in [5.74, 6) is -9.18. The third kappa shape index (κ3) is 19.2. The van der Waals surface area contributed by atoms with Crippen LogP contribution in [0.25, 0.3) is 0 Å². The largest absolute Gasteiger partial charge is 0.393 e. The second-order valence-corrected chi connectivity index (χ2v) is 28.6. The van der Waals surface area contributed by atoms with Gasteiger partial charge in [0.1, 0.15) is 41.8 Å². The van der Waals surface area contributed by atoms with Gasteiger partial charge in [-0.25, -0.2) is 0 Å². The Morgan fingerprint density at radius 1 is 0.582 bits per heavy atom. The monoisotopic (exact) mass is 1310 g/mol. The molecule has 6 rings (SSSR count). The highest BCUT2D eigenvalue weighted by molar-refractivity contribution is 6.20. The van der Waals surface area contributed by atoms with Crippen LogP contribution in [0.5, 0.6) is 0 Å². The van der Waals surface area contributed by atoms with Crippen molar-refractivity contribution >= 4 is 76.6 Å². The molecule has 4 saturated carbocycles. The Balaban J connectivity index is 1.34. The van der Waals surface area contributed by atoms with Crippen molar-refractivity contribution in [1.82, 2.24) is 55.6 Å². The first kappa shape index (κ1) is 74.3. The molecule has 3 unspecified atom stereocenters. The first-order valence-corrected chi connectivity index (χ1v) is 34.0. The van der Waals surface area contributed by atoms with Gasteiger partial charge in [0, 0.05) is 66.7 Å². The minimum absolute atomic E-state index is 0.0163. The number of likely N-dealkylation sites (N-methyl/N-ethyl adjacent to an activating group) is 6. The number of nitrogens with one attached hydrogen (secondary N) is 4. The van der Waals surface area contributed by atoms with E-state index in [2.05, 4.69) is 21.3 Å². The van der Waals surface area contributed by atoms with E-state index in [-0.39, 0.29) is 88.5 Å². The predicted octanol–water partition coefficient (Wildman–Crippen LogP) is 5.37. The maximum absolute atomic E-state index is 15.0. The molecule has 1 spiro atoms. The van der Waals surface area contributed by atoms with E-state index in [1.54, 1.807) is 27.7 Å². The van der Waals surface area contributed by atoms with E-state index in [9.17, 15) is 56.3 Å². The summed E-state index contributed by atoms with van der Waals surface area (Å²) in [6.45, 7) is 7.41. The van der Waals surface area contributed by atoms with Gasteiger partial charge in [0.05, 0.1) is 25.6 Å². The number of amides is 11. The van der Waals surface area contributed by atoms with Crippen LogP contribution in [0, 0.1) is 35.5 Å². The van der Waals surface area contributed by atoms with Crippen molar-refractivity contribution < 1.29 is 65.9 Å². The number of alkyl halides is 4. The van der Waals surface area contributed by atoms with Gasteiger partial charge in [-0.3, -0.25) is 52.7 Å². The Morgan fingerprint density at radius 3 is 1.76 bits per heavy atom. The molecule has 0 aromatic heterocycles. The average Bonchev–Trinajstić information content (AvgIpc) is 1.77. The molecule has 2 saturated heterocycles. The number of halogens is 4. The summed E-state index contributed by atoms with van der Waals surface area (Å²) in [5, 5.41) is 10.5. The molecule has 514 valence electrons. The summed E-state index contributed by atoms with van der Waals surface area (Å²) in [6, 6.07) is -7.47. The van der Waals surface area contributed by atoms with Gasteiger partial charge >= 0.3 is 6.18 Å². The fourth-order valence-corrected chi connectivity index (χ4v) is 15.1. The van der Waals surface area contributed by atoms with Gasteiger partial charge in [0.25, 0.3) is 0 Å². The van der Waals surface area contributed by atoms with Gasteiger partial charge in [0.15, 0.2) is 0 Å². The van der Waals surface area contributed by atoms with Crippen molar-refractivity contribution in [2.45, 2.75) is 242 Å². The maximum atomic E-state index is 15.0. The summed E-state index contributed by atoms with van der Waals surface area (Å²) in [6.07, 6.45) is 5.74. The number of rotatable bonds is 10. The van der Waals surface area contributed by atoms with Crippen LogP contribution in [0.3, 0.4) is 0 Å². The van der Waals surface area contributed by atoms with E-state index < -0.39 is 162 Å². The van der Waals surface area contributed by atoms with Gasteiger partial charge in [0.2, 0.25) is 65.0 Å². The molecule has 91 heavy (non-hydrogen) atoms. The second-order valence-electron chi connectivity index (χ2n) is 28.1. The first-order valence-electron chi connectivity index (χ1n) is 33.5. The molecule has 2 heterocycles. The zero-order valence-electron chi connectivity index (χ0n) is 55.8. The number of hydrogen-bond acceptors (Lipinski definition) is 11. The van der Waals surface area contributed by atoms with E-state index in [1.165, 1.54) is 71.7 Å². The lowest BCUT2D eigenvalue weighted by molar-refractivity contribution is -0.182. The molecular formula is C65H105ClF3N11O11. The lowest BCUT2D eigenvalue weighted by atomic mass is 9.78. The predicted molar refractivity (Wildman–Crippen MR) is 336 cm³/mol. The molecule has 4 N–H and O–H groups in total. The van der Waals surface area contributed by atoms with Crippen molar-refractivity contribution in [3.05, 3.63) is 0 Å².